The monoisotopic (exact) mass is 521 g/mol. The lowest BCUT2D eigenvalue weighted by Crippen LogP contribution is -2.67. The van der Waals surface area contributed by atoms with Crippen molar-refractivity contribution in [2.45, 2.75) is 143 Å². The van der Waals surface area contributed by atoms with Crippen molar-refractivity contribution < 1.29 is 5.11 Å². The summed E-state index contributed by atoms with van der Waals surface area (Å²) in [5.41, 5.74) is 4.46. The van der Waals surface area contributed by atoms with Crippen molar-refractivity contribution in [2.75, 3.05) is 6.54 Å². The molecule has 2 heteroatoms. The zero-order chi connectivity index (χ0) is 27.1. The van der Waals surface area contributed by atoms with Crippen LogP contribution < -0.4 is 5.32 Å². The van der Waals surface area contributed by atoms with E-state index in [1.807, 2.05) is 13.8 Å². The zero-order valence-corrected chi connectivity index (χ0v) is 26.0. The Hall–Kier alpha value is -0.600. The van der Waals surface area contributed by atoms with Gasteiger partial charge in [-0.1, -0.05) is 53.2 Å². The van der Waals surface area contributed by atoms with E-state index < -0.39 is 5.60 Å². The Balaban J connectivity index is 1.28. The average molecular weight is 522 g/mol. The number of hydrogen-bond acceptors (Lipinski definition) is 2. The highest BCUT2D eigenvalue weighted by Gasteiger charge is 2.68. The summed E-state index contributed by atoms with van der Waals surface area (Å²) < 4.78 is 0. The zero-order valence-electron chi connectivity index (χ0n) is 26.0. The number of allylic oxidation sites excluding steroid dienone is 4. The quantitative estimate of drug-likeness (QED) is 0.387. The highest BCUT2D eigenvalue weighted by Crippen LogP contribution is 2.75. The molecule has 0 aliphatic heterocycles. The fourth-order valence-corrected chi connectivity index (χ4v) is 12.2. The first-order valence-corrected chi connectivity index (χ1v) is 16.7. The second-order valence-corrected chi connectivity index (χ2v) is 16.8. The third kappa shape index (κ3) is 4.00. The predicted octanol–water partition coefficient (Wildman–Crippen LogP) is 8.85. The van der Waals surface area contributed by atoms with Gasteiger partial charge in [-0.15, -0.1) is 0 Å². The van der Waals surface area contributed by atoms with Gasteiger partial charge in [0.2, 0.25) is 0 Å². The lowest BCUT2D eigenvalue weighted by atomic mass is 9.34. The Kier molecular flexibility index (Phi) is 6.68. The smallest absolute Gasteiger partial charge is 0.0715 e. The number of hydrogen-bond donors (Lipinski definition) is 2. The molecule has 0 heterocycles. The lowest BCUT2D eigenvalue weighted by Gasteiger charge is -2.71. The molecule has 10 atom stereocenters. The van der Waals surface area contributed by atoms with Crippen LogP contribution in [0.5, 0.6) is 0 Å². The molecule has 2 nitrogen and oxygen atoms in total. The van der Waals surface area contributed by atoms with Gasteiger partial charge in [0, 0.05) is 12.1 Å². The molecule has 6 aliphatic carbocycles. The Morgan fingerprint density at radius 3 is 2.37 bits per heavy atom. The lowest BCUT2D eigenvalue weighted by molar-refractivity contribution is -0.213. The number of nitrogens with one attached hydrogen (secondary N) is 1. The summed E-state index contributed by atoms with van der Waals surface area (Å²) in [4.78, 5) is 0. The standard InChI is InChI=1S/C36H59NO/c1-24-10-12-26(13-11-24)27-16-19-33(5)28(25(27)2)17-20-35(7)31(33)15-14-29-30-9-8-18-36(30,22-21-34(29,35)6)37-23-32(3,4)38/h12,16,24-25,28-31,37-38H,8-11,13-15,17-23H2,1-7H3/t24?,25?,28?,29?,30-,31?,33?,34-,35?,36?/m1/s1. The molecule has 8 unspecified atom stereocenters. The molecule has 38 heavy (non-hydrogen) atoms. The van der Waals surface area contributed by atoms with Gasteiger partial charge in [0.1, 0.15) is 0 Å². The molecule has 4 saturated carbocycles. The van der Waals surface area contributed by atoms with Crippen molar-refractivity contribution in [3.8, 4) is 0 Å². The van der Waals surface area contributed by atoms with Crippen LogP contribution >= 0.6 is 0 Å². The Morgan fingerprint density at radius 1 is 0.868 bits per heavy atom. The molecule has 6 rings (SSSR count). The molecule has 0 radical (unpaired) electrons. The van der Waals surface area contributed by atoms with Crippen molar-refractivity contribution in [2.24, 2.45) is 51.8 Å². The SMILES string of the molecule is CC1CC=C(C2=CCC3(C)C(CCC4(C)C3CCC3[C@H]5CCCC5(NCC(C)(C)O)CC[C@]34C)C2C)CC1. The summed E-state index contributed by atoms with van der Waals surface area (Å²) in [5, 5.41) is 14.6. The first-order chi connectivity index (χ1) is 17.8. The maximum Gasteiger partial charge on any atom is 0.0715 e. The van der Waals surface area contributed by atoms with Crippen LogP contribution in [0.2, 0.25) is 0 Å². The van der Waals surface area contributed by atoms with E-state index in [1.54, 1.807) is 11.1 Å². The van der Waals surface area contributed by atoms with Gasteiger partial charge in [0.25, 0.3) is 0 Å². The molecule has 6 aliphatic rings. The minimum Gasteiger partial charge on any atom is -0.389 e. The van der Waals surface area contributed by atoms with E-state index in [9.17, 15) is 5.11 Å². The van der Waals surface area contributed by atoms with Crippen LogP contribution in [0.15, 0.2) is 23.3 Å². The minimum atomic E-state index is -0.630. The molecular formula is C36H59NO. The van der Waals surface area contributed by atoms with Gasteiger partial charge < -0.3 is 10.4 Å². The van der Waals surface area contributed by atoms with Crippen LogP contribution in [0.4, 0.5) is 0 Å². The second-order valence-electron chi connectivity index (χ2n) is 16.8. The summed E-state index contributed by atoms with van der Waals surface area (Å²) in [6, 6.07) is 0. The van der Waals surface area contributed by atoms with Gasteiger partial charge in [-0.3, -0.25) is 0 Å². The van der Waals surface area contributed by atoms with E-state index in [0.29, 0.717) is 16.2 Å². The van der Waals surface area contributed by atoms with E-state index >= 15 is 0 Å². The first kappa shape index (κ1) is 27.6. The summed E-state index contributed by atoms with van der Waals surface area (Å²) in [7, 11) is 0. The molecular weight excluding hydrogens is 462 g/mol. The molecule has 0 amide bonds. The number of fused-ring (bicyclic) bond motifs is 7. The van der Waals surface area contributed by atoms with Crippen molar-refractivity contribution in [1.29, 1.82) is 0 Å². The van der Waals surface area contributed by atoms with E-state index in [4.69, 9.17) is 0 Å². The minimum absolute atomic E-state index is 0.274. The Bertz CT molecular complexity index is 988. The molecule has 0 aromatic heterocycles. The number of β-amino-alcohol motifs (C(OH)–C–C–N with tert-alkyl or cyclic N) is 1. The topological polar surface area (TPSA) is 32.3 Å². The first-order valence-electron chi connectivity index (χ1n) is 16.7. The fraction of sp³-hybridized carbons (Fsp3) is 0.889. The fourth-order valence-electron chi connectivity index (χ4n) is 12.2. The van der Waals surface area contributed by atoms with Crippen LogP contribution in [0, 0.1) is 51.8 Å². The van der Waals surface area contributed by atoms with Gasteiger partial charge in [-0.25, -0.2) is 0 Å². The van der Waals surface area contributed by atoms with E-state index in [2.05, 4.69) is 52.1 Å². The molecule has 0 saturated heterocycles. The highest BCUT2D eigenvalue weighted by atomic mass is 16.3. The van der Waals surface area contributed by atoms with Crippen molar-refractivity contribution in [1.82, 2.24) is 5.32 Å². The molecule has 4 fully saturated rings. The van der Waals surface area contributed by atoms with Crippen LogP contribution in [0.3, 0.4) is 0 Å². The van der Waals surface area contributed by atoms with E-state index in [1.165, 1.54) is 83.5 Å². The Morgan fingerprint density at radius 2 is 1.66 bits per heavy atom. The molecule has 0 aromatic rings. The predicted molar refractivity (Wildman–Crippen MR) is 160 cm³/mol. The van der Waals surface area contributed by atoms with Gasteiger partial charge in [0.15, 0.2) is 0 Å². The highest BCUT2D eigenvalue weighted by molar-refractivity contribution is 5.37. The van der Waals surface area contributed by atoms with Crippen LogP contribution in [0.1, 0.15) is 132 Å². The molecule has 0 bridgehead atoms. The third-order valence-electron chi connectivity index (χ3n) is 14.5. The number of rotatable bonds is 4. The maximum atomic E-state index is 10.5. The number of aliphatic hydroxyl groups is 1. The third-order valence-corrected chi connectivity index (χ3v) is 14.5. The summed E-state index contributed by atoms with van der Waals surface area (Å²) in [6.45, 7) is 18.0. The summed E-state index contributed by atoms with van der Waals surface area (Å²) >= 11 is 0. The average Bonchev–Trinajstić information content (AvgIpc) is 3.28. The van der Waals surface area contributed by atoms with Crippen molar-refractivity contribution >= 4 is 0 Å². The summed E-state index contributed by atoms with van der Waals surface area (Å²) in [5.74, 6) is 4.94. The largest absolute Gasteiger partial charge is 0.389 e. The van der Waals surface area contributed by atoms with E-state index in [-0.39, 0.29) is 5.54 Å². The van der Waals surface area contributed by atoms with E-state index in [0.717, 1.165) is 42.1 Å². The molecule has 214 valence electrons. The van der Waals surface area contributed by atoms with Crippen LogP contribution in [-0.2, 0) is 0 Å². The normalized spacial score (nSPS) is 50.7. The van der Waals surface area contributed by atoms with Crippen LogP contribution in [-0.4, -0.2) is 22.8 Å². The van der Waals surface area contributed by atoms with Gasteiger partial charge >= 0.3 is 0 Å². The molecule has 2 N–H and O–H groups in total. The molecule has 0 spiro atoms. The maximum absolute atomic E-state index is 10.5. The van der Waals surface area contributed by atoms with Crippen LogP contribution in [0.25, 0.3) is 0 Å². The second kappa shape index (κ2) is 9.20. The van der Waals surface area contributed by atoms with Gasteiger partial charge in [-0.2, -0.15) is 0 Å². The van der Waals surface area contributed by atoms with Crippen molar-refractivity contribution in [3.05, 3.63) is 23.3 Å². The van der Waals surface area contributed by atoms with Gasteiger partial charge in [0.05, 0.1) is 5.60 Å². The molecule has 0 aromatic carbocycles. The van der Waals surface area contributed by atoms with Crippen molar-refractivity contribution in [3.63, 3.8) is 0 Å². The van der Waals surface area contributed by atoms with Gasteiger partial charge in [-0.05, 0) is 154 Å². The summed E-state index contributed by atoms with van der Waals surface area (Å²) in [6.07, 6.45) is 23.2. The Labute approximate surface area is 234 Å².